The van der Waals surface area contributed by atoms with Crippen LogP contribution in [0.1, 0.15) is 17.5 Å². The van der Waals surface area contributed by atoms with Crippen molar-refractivity contribution in [2.45, 2.75) is 6.92 Å². The van der Waals surface area contributed by atoms with E-state index in [0.717, 1.165) is 35.9 Å². The van der Waals surface area contributed by atoms with Crippen LogP contribution in [0.25, 0.3) is 0 Å². The lowest BCUT2D eigenvalue weighted by atomic mass is 10.3. The molecule has 4 N–H and O–H groups in total. The minimum Gasteiger partial charge on any atom is -0.484 e. The van der Waals surface area contributed by atoms with Crippen molar-refractivity contribution in [2.75, 3.05) is 48.4 Å². The van der Waals surface area contributed by atoms with E-state index in [1.807, 2.05) is 11.8 Å². The average molecular weight is 544 g/mol. The fourth-order valence-electron chi connectivity index (χ4n) is 3.21. The lowest BCUT2D eigenvalue weighted by molar-refractivity contribution is 0.0991. The highest BCUT2D eigenvalue weighted by molar-refractivity contribution is 7.99. The monoisotopic (exact) mass is 543 g/mol. The molecule has 0 atom stereocenters. The maximum atomic E-state index is 12.9. The van der Waals surface area contributed by atoms with Crippen LogP contribution in [0.15, 0.2) is 51.0 Å². The van der Waals surface area contributed by atoms with Crippen LogP contribution in [0.5, 0.6) is 5.75 Å². The first-order chi connectivity index (χ1) is 18.0. The molecule has 15 heteroatoms. The maximum Gasteiger partial charge on any atom is 0.381 e. The summed E-state index contributed by atoms with van der Waals surface area (Å²) in [7, 11) is 0. The molecule has 13 nitrogen and oxygen atoms in total. The summed E-state index contributed by atoms with van der Waals surface area (Å²) in [5.74, 6) is 1.34. The van der Waals surface area contributed by atoms with Crippen molar-refractivity contribution in [2.24, 2.45) is 10.7 Å². The van der Waals surface area contributed by atoms with E-state index < -0.39 is 11.5 Å². The number of amides is 1. The number of hydrogen-bond donors (Lipinski definition) is 3. The van der Waals surface area contributed by atoms with Crippen LogP contribution in [0, 0.1) is 0 Å². The fourth-order valence-corrected chi connectivity index (χ4v) is 4.85. The molecule has 0 aliphatic carbocycles. The van der Waals surface area contributed by atoms with E-state index in [2.05, 4.69) is 40.7 Å². The summed E-state index contributed by atoms with van der Waals surface area (Å²) in [4.78, 5) is 40.4. The molecule has 3 aromatic heterocycles. The highest BCUT2D eigenvalue weighted by Gasteiger charge is 2.20. The fraction of sp³-hybridized carbons (Fsp3) is 0.318. The molecular weight excluding hydrogens is 518 g/mol. The van der Waals surface area contributed by atoms with Crippen molar-refractivity contribution in [1.29, 1.82) is 0 Å². The highest BCUT2D eigenvalue weighted by Crippen LogP contribution is 2.26. The Hall–Kier alpha value is -3.82. The van der Waals surface area contributed by atoms with Gasteiger partial charge in [0.15, 0.2) is 5.76 Å². The second-order valence-corrected chi connectivity index (χ2v) is 9.78. The Morgan fingerprint density at radius 1 is 1.30 bits per heavy atom. The summed E-state index contributed by atoms with van der Waals surface area (Å²) >= 11 is 2.96. The van der Waals surface area contributed by atoms with Gasteiger partial charge in [-0.15, -0.1) is 10.2 Å². The minimum atomic E-state index is -0.813. The Morgan fingerprint density at radius 3 is 2.84 bits per heavy atom. The molecule has 1 saturated heterocycles. The van der Waals surface area contributed by atoms with Gasteiger partial charge in [-0.1, -0.05) is 11.3 Å². The predicted octanol–water partition coefficient (Wildman–Crippen LogP) is 2.27. The Bertz CT molecular complexity index is 1320. The summed E-state index contributed by atoms with van der Waals surface area (Å²) < 4.78 is 11.1. The zero-order chi connectivity index (χ0) is 26.0. The van der Waals surface area contributed by atoms with Gasteiger partial charge >= 0.3 is 5.63 Å². The van der Waals surface area contributed by atoms with Crippen LogP contribution in [-0.2, 0) is 0 Å². The Kier molecular flexibility index (Phi) is 9.18. The van der Waals surface area contributed by atoms with E-state index in [9.17, 15) is 9.59 Å². The number of aliphatic imine (C=N–C) groups is 1. The normalized spacial score (nSPS) is 14.6. The van der Waals surface area contributed by atoms with E-state index in [4.69, 9.17) is 14.9 Å². The third-order valence-electron chi connectivity index (χ3n) is 4.95. The molecule has 0 bridgehead atoms. The van der Waals surface area contributed by atoms with E-state index in [1.165, 1.54) is 12.3 Å². The molecule has 4 heterocycles. The van der Waals surface area contributed by atoms with Gasteiger partial charge in [0.1, 0.15) is 6.61 Å². The molecule has 0 spiro atoms. The van der Waals surface area contributed by atoms with E-state index in [0.29, 0.717) is 17.4 Å². The number of carbonyl (C=O) groups is 1. The first-order valence-corrected chi connectivity index (χ1v) is 13.2. The molecule has 4 rings (SSSR count). The van der Waals surface area contributed by atoms with Crippen LogP contribution in [0.4, 0.5) is 21.9 Å². The molecule has 0 unspecified atom stereocenters. The molecule has 3 aromatic rings. The number of thioether (sulfide) groups is 1. The van der Waals surface area contributed by atoms with Crippen LogP contribution in [-0.4, -0.2) is 74.4 Å². The molecule has 37 heavy (non-hydrogen) atoms. The molecule has 1 fully saturated rings. The average Bonchev–Trinajstić information content (AvgIpc) is 3.33. The largest absolute Gasteiger partial charge is 0.484 e. The van der Waals surface area contributed by atoms with Gasteiger partial charge in [-0.25, -0.2) is 19.8 Å². The number of hydrogen-bond acceptors (Lipinski definition) is 14. The van der Waals surface area contributed by atoms with Crippen molar-refractivity contribution in [3.8, 4) is 5.75 Å². The van der Waals surface area contributed by atoms with E-state index in [1.54, 1.807) is 31.5 Å². The summed E-state index contributed by atoms with van der Waals surface area (Å²) in [6.45, 7) is 4.61. The van der Waals surface area contributed by atoms with Crippen LogP contribution < -0.4 is 26.7 Å². The number of nitrogens with zero attached hydrogens (tertiary/aromatic N) is 6. The second kappa shape index (κ2) is 12.9. The van der Waals surface area contributed by atoms with Crippen LogP contribution >= 0.6 is 23.1 Å². The molecule has 0 saturated carbocycles. The van der Waals surface area contributed by atoms with Crippen molar-refractivity contribution in [3.05, 3.63) is 53.0 Å². The van der Waals surface area contributed by atoms with Gasteiger partial charge in [0.05, 0.1) is 5.69 Å². The summed E-state index contributed by atoms with van der Waals surface area (Å²) in [5.41, 5.74) is 5.36. The zero-order valence-corrected chi connectivity index (χ0v) is 21.5. The summed E-state index contributed by atoms with van der Waals surface area (Å²) in [6.07, 6.45) is 6.05. The minimum absolute atomic E-state index is 0.0636. The third-order valence-corrected chi connectivity index (χ3v) is 6.62. The number of rotatable bonds is 10. The second-order valence-electron chi connectivity index (χ2n) is 7.60. The molecule has 0 aromatic carbocycles. The first kappa shape index (κ1) is 26.2. The van der Waals surface area contributed by atoms with Crippen LogP contribution in [0.3, 0.4) is 0 Å². The predicted molar refractivity (Wildman–Crippen MR) is 144 cm³/mol. The Balaban J connectivity index is 1.52. The third kappa shape index (κ3) is 7.58. The quantitative estimate of drug-likeness (QED) is 0.319. The Morgan fingerprint density at radius 2 is 2.08 bits per heavy atom. The summed E-state index contributed by atoms with van der Waals surface area (Å²) in [6, 6.07) is 3.02. The number of ether oxygens (including phenoxy) is 1. The SMILES string of the molecule is CC(/C=C\N)=N\c1nnc(NC(=O)c2cc(Nc3ncccn3)c(OCCN3CCSCC3)c(=O)o2)s1. The van der Waals surface area contributed by atoms with Crippen LogP contribution in [0.2, 0.25) is 0 Å². The van der Waals surface area contributed by atoms with Gasteiger partial charge in [0.25, 0.3) is 5.91 Å². The van der Waals surface area contributed by atoms with Crippen molar-refractivity contribution >= 4 is 56.6 Å². The molecular formula is C22H25N9O4S2. The summed E-state index contributed by atoms with van der Waals surface area (Å²) in [5, 5.41) is 13.8. The number of aromatic nitrogens is 4. The maximum absolute atomic E-state index is 12.9. The van der Waals surface area contributed by atoms with E-state index in [-0.39, 0.29) is 34.9 Å². The van der Waals surface area contributed by atoms with Gasteiger partial charge < -0.3 is 20.2 Å². The standard InChI is InChI=1S/C22H25N9O4S2/c1-14(3-4-23)26-21-29-30-22(37-21)28-18(32)16-13-15(27-20-24-5-2-6-25-20)17(19(33)35-16)34-10-7-31-8-11-36-12-9-31/h2-6,13H,7-12,23H2,1H3,(H,24,25,27)(H,28,30,32)/b4-3-,26-14+. The van der Waals surface area contributed by atoms with Gasteiger partial charge in [-0.05, 0) is 25.3 Å². The number of nitrogens with one attached hydrogen (secondary N) is 2. The highest BCUT2D eigenvalue weighted by atomic mass is 32.2. The van der Waals surface area contributed by atoms with Gasteiger partial charge in [0.2, 0.25) is 22.0 Å². The molecule has 0 radical (unpaired) electrons. The first-order valence-electron chi connectivity index (χ1n) is 11.3. The smallest absolute Gasteiger partial charge is 0.381 e. The lowest BCUT2D eigenvalue weighted by Gasteiger charge is -2.25. The lowest BCUT2D eigenvalue weighted by Crippen LogP contribution is -2.36. The number of carbonyl (C=O) groups excluding carboxylic acids is 1. The topological polar surface area (TPSA) is 174 Å². The molecule has 1 amide bonds. The van der Waals surface area contributed by atoms with Gasteiger partial charge in [-0.3, -0.25) is 15.0 Å². The van der Waals surface area contributed by atoms with Crippen molar-refractivity contribution in [3.63, 3.8) is 0 Å². The number of nitrogens with two attached hydrogens (primary N) is 1. The van der Waals surface area contributed by atoms with E-state index >= 15 is 0 Å². The number of anilines is 3. The van der Waals surface area contributed by atoms with Gasteiger partial charge in [-0.2, -0.15) is 11.8 Å². The number of allylic oxidation sites excluding steroid dienone is 1. The van der Waals surface area contributed by atoms with Crippen molar-refractivity contribution < 1.29 is 13.9 Å². The van der Waals surface area contributed by atoms with Gasteiger partial charge in [0, 0.05) is 55.3 Å². The molecule has 1 aliphatic heterocycles. The molecule has 1 aliphatic rings. The zero-order valence-electron chi connectivity index (χ0n) is 19.9. The Labute approximate surface area is 220 Å². The molecule has 194 valence electrons. The van der Waals surface area contributed by atoms with Crippen molar-refractivity contribution in [1.82, 2.24) is 25.1 Å².